The fraction of sp³-hybridized carbons (Fsp3) is 0.684. The van der Waals surface area contributed by atoms with E-state index in [9.17, 15) is 0 Å². The van der Waals surface area contributed by atoms with Crippen LogP contribution >= 0.6 is 15.9 Å². The highest BCUT2D eigenvalue weighted by molar-refractivity contribution is 9.10. The van der Waals surface area contributed by atoms with Crippen molar-refractivity contribution in [1.82, 2.24) is 5.32 Å². The summed E-state index contributed by atoms with van der Waals surface area (Å²) in [4.78, 5) is 0. The average Bonchev–Trinajstić information content (AvgIpc) is 2.53. The highest BCUT2D eigenvalue weighted by atomic mass is 79.9. The lowest BCUT2D eigenvalue weighted by molar-refractivity contribution is 0.174. The van der Waals surface area contributed by atoms with E-state index in [0.29, 0.717) is 6.04 Å². The van der Waals surface area contributed by atoms with Crippen LogP contribution in [0.3, 0.4) is 0 Å². The van der Waals surface area contributed by atoms with Crippen LogP contribution in [-0.2, 0) is 6.42 Å². The zero-order chi connectivity index (χ0) is 15.1. The van der Waals surface area contributed by atoms with Crippen LogP contribution in [0.1, 0.15) is 57.9 Å². The molecule has 0 aromatic heterocycles. The van der Waals surface area contributed by atoms with Crippen LogP contribution in [0.2, 0.25) is 0 Å². The molecule has 0 bridgehead atoms. The van der Waals surface area contributed by atoms with Gasteiger partial charge in [0.05, 0.1) is 0 Å². The molecule has 1 N–H and O–H groups in total. The molecule has 0 heterocycles. The molecule has 118 valence electrons. The molecule has 0 saturated heterocycles. The first-order valence-corrected chi connectivity index (χ1v) is 9.51. The van der Waals surface area contributed by atoms with Crippen molar-refractivity contribution in [2.75, 3.05) is 6.54 Å². The quantitative estimate of drug-likeness (QED) is 0.676. The van der Waals surface area contributed by atoms with E-state index in [2.05, 4.69) is 59.4 Å². The van der Waals surface area contributed by atoms with Crippen molar-refractivity contribution in [3.8, 4) is 0 Å². The van der Waals surface area contributed by atoms with E-state index < -0.39 is 0 Å². The summed E-state index contributed by atoms with van der Waals surface area (Å²) in [6, 6.07) is 9.54. The Balaban J connectivity index is 2.06. The van der Waals surface area contributed by atoms with E-state index >= 15 is 0 Å². The second-order valence-corrected chi connectivity index (χ2v) is 7.42. The van der Waals surface area contributed by atoms with Crippen molar-refractivity contribution in [1.29, 1.82) is 0 Å². The van der Waals surface area contributed by atoms with Crippen LogP contribution in [0.25, 0.3) is 0 Å². The van der Waals surface area contributed by atoms with Crippen LogP contribution in [-0.4, -0.2) is 12.6 Å². The summed E-state index contributed by atoms with van der Waals surface area (Å²) < 4.78 is 1.17. The Labute approximate surface area is 139 Å². The molecule has 3 unspecified atom stereocenters. The molecular formula is C19H30BrN. The molecule has 0 radical (unpaired) electrons. The standard InChI is InChI=1S/C19H30BrN/c1-3-13-21-19(14-15-9-11-17(20)12-10-15)18-8-6-5-7-16(18)4-2/h9-12,16,18-19,21H,3-8,13-14H2,1-2H3. The molecule has 0 aliphatic heterocycles. The van der Waals surface area contributed by atoms with Gasteiger partial charge in [-0.05, 0) is 55.3 Å². The monoisotopic (exact) mass is 351 g/mol. The van der Waals surface area contributed by atoms with Gasteiger partial charge in [0.1, 0.15) is 0 Å². The maximum atomic E-state index is 3.85. The molecule has 21 heavy (non-hydrogen) atoms. The molecule has 0 spiro atoms. The van der Waals surface area contributed by atoms with Crippen LogP contribution in [0, 0.1) is 11.8 Å². The number of hydrogen-bond donors (Lipinski definition) is 1. The topological polar surface area (TPSA) is 12.0 Å². The minimum absolute atomic E-state index is 0.649. The first-order valence-electron chi connectivity index (χ1n) is 8.72. The van der Waals surface area contributed by atoms with Crippen molar-refractivity contribution < 1.29 is 0 Å². The van der Waals surface area contributed by atoms with Gasteiger partial charge in [-0.2, -0.15) is 0 Å². The van der Waals surface area contributed by atoms with Gasteiger partial charge < -0.3 is 5.32 Å². The van der Waals surface area contributed by atoms with Gasteiger partial charge in [0, 0.05) is 10.5 Å². The molecular weight excluding hydrogens is 322 g/mol. The second-order valence-electron chi connectivity index (χ2n) is 6.51. The predicted molar refractivity (Wildman–Crippen MR) is 95.7 cm³/mol. The average molecular weight is 352 g/mol. The van der Waals surface area contributed by atoms with Crippen LogP contribution in [0.15, 0.2) is 28.7 Å². The van der Waals surface area contributed by atoms with Gasteiger partial charge in [0.25, 0.3) is 0 Å². The van der Waals surface area contributed by atoms with Crippen LogP contribution in [0.5, 0.6) is 0 Å². The van der Waals surface area contributed by atoms with Gasteiger partial charge in [-0.25, -0.2) is 0 Å². The molecule has 3 atom stereocenters. The largest absolute Gasteiger partial charge is 0.313 e. The van der Waals surface area contributed by atoms with Gasteiger partial charge in [0.15, 0.2) is 0 Å². The summed E-state index contributed by atoms with van der Waals surface area (Å²) in [6.07, 6.45) is 9.45. The van der Waals surface area contributed by atoms with Crippen molar-refractivity contribution in [3.63, 3.8) is 0 Å². The Kier molecular flexibility index (Phi) is 7.25. The van der Waals surface area contributed by atoms with Crippen molar-refractivity contribution in [2.45, 2.75) is 64.8 Å². The molecule has 1 aromatic carbocycles. The third kappa shape index (κ3) is 5.10. The number of benzene rings is 1. The molecule has 0 amide bonds. The van der Waals surface area contributed by atoms with E-state index in [1.165, 1.54) is 55.0 Å². The van der Waals surface area contributed by atoms with Gasteiger partial charge >= 0.3 is 0 Å². The van der Waals surface area contributed by atoms with Gasteiger partial charge in [-0.3, -0.25) is 0 Å². The third-order valence-electron chi connectivity index (χ3n) is 5.03. The van der Waals surface area contributed by atoms with E-state index in [0.717, 1.165) is 18.4 Å². The predicted octanol–water partition coefficient (Wildman–Crippen LogP) is 5.58. The Morgan fingerprint density at radius 1 is 1.14 bits per heavy atom. The molecule has 1 fully saturated rings. The summed E-state index contributed by atoms with van der Waals surface area (Å²) in [5, 5.41) is 3.85. The van der Waals surface area contributed by atoms with E-state index in [-0.39, 0.29) is 0 Å². The minimum atomic E-state index is 0.649. The van der Waals surface area contributed by atoms with Crippen LogP contribution in [0.4, 0.5) is 0 Å². The maximum Gasteiger partial charge on any atom is 0.0175 e. The zero-order valence-corrected chi connectivity index (χ0v) is 15.2. The summed E-state index contributed by atoms with van der Waals surface area (Å²) >= 11 is 3.54. The van der Waals surface area contributed by atoms with Gasteiger partial charge in [-0.15, -0.1) is 0 Å². The lowest BCUT2D eigenvalue weighted by Crippen LogP contribution is -2.43. The van der Waals surface area contributed by atoms with Gasteiger partial charge in [-0.1, -0.05) is 67.6 Å². The van der Waals surface area contributed by atoms with Gasteiger partial charge in [0.2, 0.25) is 0 Å². The highest BCUT2D eigenvalue weighted by Gasteiger charge is 2.30. The first-order chi connectivity index (χ1) is 10.2. The number of rotatable bonds is 7. The molecule has 1 nitrogen and oxygen atoms in total. The number of halogens is 1. The van der Waals surface area contributed by atoms with E-state index in [1.54, 1.807) is 0 Å². The SMILES string of the molecule is CCCNC(Cc1ccc(Br)cc1)C1CCCCC1CC. The zero-order valence-electron chi connectivity index (χ0n) is 13.6. The molecule has 1 aromatic rings. The Morgan fingerprint density at radius 2 is 1.86 bits per heavy atom. The molecule has 2 heteroatoms. The summed E-state index contributed by atoms with van der Waals surface area (Å²) in [6.45, 7) is 5.79. The number of nitrogens with one attached hydrogen (secondary N) is 1. The molecule has 1 saturated carbocycles. The summed E-state index contributed by atoms with van der Waals surface area (Å²) in [7, 11) is 0. The Morgan fingerprint density at radius 3 is 2.52 bits per heavy atom. The van der Waals surface area contributed by atoms with Crippen LogP contribution < -0.4 is 5.32 Å². The first kappa shape index (κ1) is 17.0. The summed E-state index contributed by atoms with van der Waals surface area (Å²) in [5.41, 5.74) is 1.47. The fourth-order valence-corrected chi connectivity index (χ4v) is 4.12. The smallest absolute Gasteiger partial charge is 0.0175 e. The molecule has 1 aliphatic carbocycles. The maximum absolute atomic E-state index is 3.85. The normalized spacial score (nSPS) is 24.0. The Bertz CT molecular complexity index is 401. The minimum Gasteiger partial charge on any atom is -0.313 e. The molecule has 2 rings (SSSR count). The number of hydrogen-bond acceptors (Lipinski definition) is 1. The lowest BCUT2D eigenvalue weighted by atomic mass is 9.72. The van der Waals surface area contributed by atoms with Crippen molar-refractivity contribution >= 4 is 15.9 Å². The molecule has 1 aliphatic rings. The summed E-state index contributed by atoms with van der Waals surface area (Å²) in [5.74, 6) is 1.78. The van der Waals surface area contributed by atoms with Crippen molar-refractivity contribution in [2.24, 2.45) is 11.8 Å². The lowest BCUT2D eigenvalue weighted by Gasteiger charge is -2.37. The van der Waals surface area contributed by atoms with Crippen molar-refractivity contribution in [3.05, 3.63) is 34.3 Å². The highest BCUT2D eigenvalue weighted by Crippen LogP contribution is 2.35. The fourth-order valence-electron chi connectivity index (χ4n) is 3.85. The second kappa shape index (κ2) is 8.95. The van der Waals surface area contributed by atoms with E-state index in [4.69, 9.17) is 0 Å². The van der Waals surface area contributed by atoms with E-state index in [1.807, 2.05) is 0 Å². The third-order valence-corrected chi connectivity index (χ3v) is 5.56. The Hall–Kier alpha value is -0.340.